The molecule has 2 N–H and O–H groups in total. The maximum Gasteiger partial charge on any atom is 0.0693 e. The Morgan fingerprint density at radius 1 is 0.933 bits per heavy atom. The Bertz CT molecular complexity index is 207. The van der Waals surface area contributed by atoms with E-state index in [0.717, 1.165) is 18.3 Å². The first kappa shape index (κ1) is 11.4. The van der Waals surface area contributed by atoms with Crippen molar-refractivity contribution >= 4 is 0 Å². The summed E-state index contributed by atoms with van der Waals surface area (Å²) in [7, 11) is 0. The summed E-state index contributed by atoms with van der Waals surface area (Å²) in [5, 5.41) is 13.5. The molecule has 0 aromatic carbocycles. The van der Waals surface area contributed by atoms with Gasteiger partial charge in [-0.2, -0.15) is 0 Å². The first-order valence-corrected chi connectivity index (χ1v) is 6.62. The molecule has 2 aliphatic rings. The SMILES string of the molecule is CC1CCCC(N[C@H]2CCC[C@@H]2O)C1C. The Hall–Kier alpha value is -0.0800. The third kappa shape index (κ3) is 2.54. The van der Waals surface area contributed by atoms with Crippen LogP contribution in [0.25, 0.3) is 0 Å². The molecule has 0 saturated heterocycles. The van der Waals surface area contributed by atoms with Gasteiger partial charge in [-0.1, -0.05) is 26.7 Å². The van der Waals surface area contributed by atoms with Crippen LogP contribution < -0.4 is 5.32 Å². The van der Waals surface area contributed by atoms with E-state index in [-0.39, 0.29) is 6.10 Å². The van der Waals surface area contributed by atoms with E-state index in [0.29, 0.717) is 12.1 Å². The van der Waals surface area contributed by atoms with E-state index in [9.17, 15) is 5.11 Å². The minimum Gasteiger partial charge on any atom is -0.392 e. The second-order valence-electron chi connectivity index (χ2n) is 5.65. The highest BCUT2D eigenvalue weighted by atomic mass is 16.3. The van der Waals surface area contributed by atoms with Gasteiger partial charge in [0, 0.05) is 12.1 Å². The standard InChI is InChI=1S/C13H25NO/c1-9-5-3-6-11(10(9)2)14-12-7-4-8-13(12)15/h9-15H,3-8H2,1-2H3/t9?,10?,11?,12-,13-/m0/s1. The molecular formula is C13H25NO. The first-order chi connectivity index (χ1) is 7.18. The lowest BCUT2D eigenvalue weighted by Gasteiger charge is -2.37. The van der Waals surface area contributed by atoms with Gasteiger partial charge in [-0.05, 0) is 37.5 Å². The molecule has 0 aromatic rings. The fourth-order valence-corrected chi connectivity index (χ4v) is 3.23. The number of nitrogens with one attached hydrogen (secondary N) is 1. The van der Waals surface area contributed by atoms with Crippen LogP contribution in [-0.4, -0.2) is 23.3 Å². The molecule has 88 valence electrons. The van der Waals surface area contributed by atoms with E-state index in [1.54, 1.807) is 0 Å². The van der Waals surface area contributed by atoms with Crippen LogP contribution in [0.15, 0.2) is 0 Å². The Kier molecular flexibility index (Phi) is 3.68. The second-order valence-corrected chi connectivity index (χ2v) is 5.65. The van der Waals surface area contributed by atoms with Crippen LogP contribution in [0.3, 0.4) is 0 Å². The summed E-state index contributed by atoms with van der Waals surface area (Å²) in [5.74, 6) is 1.61. The highest BCUT2D eigenvalue weighted by Gasteiger charge is 2.32. The molecule has 2 rings (SSSR count). The summed E-state index contributed by atoms with van der Waals surface area (Å²) >= 11 is 0. The van der Waals surface area contributed by atoms with E-state index in [1.165, 1.54) is 32.1 Å². The molecule has 0 spiro atoms. The zero-order valence-corrected chi connectivity index (χ0v) is 10.1. The van der Waals surface area contributed by atoms with E-state index in [1.807, 2.05) is 0 Å². The van der Waals surface area contributed by atoms with Gasteiger partial charge in [0.1, 0.15) is 0 Å². The van der Waals surface area contributed by atoms with E-state index in [4.69, 9.17) is 0 Å². The van der Waals surface area contributed by atoms with Gasteiger partial charge in [0.25, 0.3) is 0 Å². The summed E-state index contributed by atoms with van der Waals surface area (Å²) in [6.45, 7) is 4.73. The average Bonchev–Trinajstić information content (AvgIpc) is 2.60. The van der Waals surface area contributed by atoms with Crippen molar-refractivity contribution in [3.63, 3.8) is 0 Å². The van der Waals surface area contributed by atoms with Gasteiger partial charge >= 0.3 is 0 Å². The van der Waals surface area contributed by atoms with Crippen LogP contribution in [0.2, 0.25) is 0 Å². The topological polar surface area (TPSA) is 32.3 Å². The Morgan fingerprint density at radius 2 is 1.60 bits per heavy atom. The molecule has 15 heavy (non-hydrogen) atoms. The van der Waals surface area contributed by atoms with Crippen LogP contribution in [0.1, 0.15) is 52.4 Å². The molecule has 2 heteroatoms. The van der Waals surface area contributed by atoms with Crippen molar-refractivity contribution in [1.82, 2.24) is 5.32 Å². The van der Waals surface area contributed by atoms with Crippen LogP contribution >= 0.6 is 0 Å². The third-order valence-corrected chi connectivity index (χ3v) is 4.61. The maximum atomic E-state index is 9.81. The fraction of sp³-hybridized carbons (Fsp3) is 1.00. The predicted octanol–water partition coefficient (Wildman–Crippen LogP) is 2.31. The van der Waals surface area contributed by atoms with E-state index in [2.05, 4.69) is 19.2 Å². The zero-order chi connectivity index (χ0) is 10.8. The highest BCUT2D eigenvalue weighted by molar-refractivity contribution is 4.89. The van der Waals surface area contributed by atoms with E-state index < -0.39 is 0 Å². The molecular weight excluding hydrogens is 186 g/mol. The molecule has 0 amide bonds. The minimum absolute atomic E-state index is 0.0885. The molecule has 5 atom stereocenters. The van der Waals surface area contributed by atoms with Crippen molar-refractivity contribution in [1.29, 1.82) is 0 Å². The Balaban J connectivity index is 1.87. The summed E-state index contributed by atoms with van der Waals surface area (Å²) < 4.78 is 0. The number of hydrogen-bond donors (Lipinski definition) is 2. The van der Waals surface area contributed by atoms with Crippen molar-refractivity contribution in [2.75, 3.05) is 0 Å². The number of aliphatic hydroxyl groups is 1. The van der Waals surface area contributed by atoms with Crippen molar-refractivity contribution in [3.05, 3.63) is 0 Å². The lowest BCUT2D eigenvalue weighted by molar-refractivity contribution is 0.119. The lowest BCUT2D eigenvalue weighted by Crippen LogP contribution is -2.48. The molecule has 2 nitrogen and oxygen atoms in total. The van der Waals surface area contributed by atoms with Crippen LogP contribution in [-0.2, 0) is 0 Å². The number of aliphatic hydroxyl groups excluding tert-OH is 1. The molecule has 0 bridgehead atoms. The van der Waals surface area contributed by atoms with Crippen LogP contribution in [0.5, 0.6) is 0 Å². The molecule has 0 aliphatic heterocycles. The quantitative estimate of drug-likeness (QED) is 0.734. The first-order valence-electron chi connectivity index (χ1n) is 6.62. The summed E-state index contributed by atoms with van der Waals surface area (Å²) in [6.07, 6.45) is 7.30. The Labute approximate surface area is 93.5 Å². The van der Waals surface area contributed by atoms with Crippen molar-refractivity contribution in [2.24, 2.45) is 11.8 Å². The van der Waals surface area contributed by atoms with Gasteiger partial charge < -0.3 is 10.4 Å². The molecule has 2 fully saturated rings. The number of hydrogen-bond acceptors (Lipinski definition) is 2. The third-order valence-electron chi connectivity index (χ3n) is 4.61. The van der Waals surface area contributed by atoms with E-state index >= 15 is 0 Å². The van der Waals surface area contributed by atoms with Gasteiger partial charge in [0.05, 0.1) is 6.10 Å². The number of rotatable bonds is 2. The molecule has 0 radical (unpaired) electrons. The summed E-state index contributed by atoms with van der Waals surface area (Å²) in [6, 6.07) is 1.02. The van der Waals surface area contributed by atoms with Gasteiger partial charge in [-0.25, -0.2) is 0 Å². The maximum absolute atomic E-state index is 9.81. The molecule has 2 saturated carbocycles. The predicted molar refractivity (Wildman–Crippen MR) is 62.7 cm³/mol. The molecule has 3 unspecified atom stereocenters. The smallest absolute Gasteiger partial charge is 0.0693 e. The van der Waals surface area contributed by atoms with Crippen LogP contribution in [0.4, 0.5) is 0 Å². The average molecular weight is 211 g/mol. The van der Waals surface area contributed by atoms with Crippen molar-refractivity contribution < 1.29 is 5.11 Å². The summed E-state index contributed by atoms with van der Waals surface area (Å²) in [4.78, 5) is 0. The highest BCUT2D eigenvalue weighted by Crippen LogP contribution is 2.31. The van der Waals surface area contributed by atoms with Gasteiger partial charge in [-0.3, -0.25) is 0 Å². The molecule has 2 aliphatic carbocycles. The zero-order valence-electron chi connectivity index (χ0n) is 10.1. The Morgan fingerprint density at radius 3 is 2.27 bits per heavy atom. The normalized spacial score (nSPS) is 47.0. The fourth-order valence-electron chi connectivity index (χ4n) is 3.23. The minimum atomic E-state index is -0.0885. The molecule has 0 heterocycles. The van der Waals surface area contributed by atoms with Crippen molar-refractivity contribution in [3.8, 4) is 0 Å². The van der Waals surface area contributed by atoms with Gasteiger partial charge in [0.15, 0.2) is 0 Å². The lowest BCUT2D eigenvalue weighted by atomic mass is 9.77. The van der Waals surface area contributed by atoms with Crippen LogP contribution in [0, 0.1) is 11.8 Å². The summed E-state index contributed by atoms with van der Waals surface area (Å²) in [5.41, 5.74) is 0. The second kappa shape index (κ2) is 4.84. The van der Waals surface area contributed by atoms with Gasteiger partial charge in [0.2, 0.25) is 0 Å². The molecule has 0 aromatic heterocycles. The van der Waals surface area contributed by atoms with Crippen molar-refractivity contribution in [2.45, 2.75) is 70.6 Å². The largest absolute Gasteiger partial charge is 0.392 e. The monoisotopic (exact) mass is 211 g/mol. The van der Waals surface area contributed by atoms with Gasteiger partial charge in [-0.15, -0.1) is 0 Å².